The Labute approximate surface area is 91.2 Å². The third kappa shape index (κ3) is 2.79. The van der Waals surface area contributed by atoms with Crippen molar-refractivity contribution < 1.29 is 19.8 Å². The molecule has 1 rings (SSSR count). The average molecular weight is 228 g/mol. The van der Waals surface area contributed by atoms with Crippen LogP contribution in [0.25, 0.3) is 0 Å². The van der Waals surface area contributed by atoms with E-state index in [2.05, 4.69) is 0 Å². The molecule has 0 aliphatic rings. The third-order valence-corrected chi connectivity index (χ3v) is 3.66. The van der Waals surface area contributed by atoms with E-state index in [1.807, 2.05) is 13.8 Å². The lowest BCUT2D eigenvalue weighted by molar-refractivity contribution is -0.137. The largest absolute Gasteiger partial charge is 0.481 e. The Morgan fingerprint density at radius 2 is 1.33 bits per heavy atom. The van der Waals surface area contributed by atoms with E-state index < -0.39 is 11.9 Å². The van der Waals surface area contributed by atoms with Crippen LogP contribution in [0.15, 0.2) is 0 Å². The van der Waals surface area contributed by atoms with Crippen LogP contribution in [0.4, 0.5) is 0 Å². The monoisotopic (exact) mass is 228 g/mol. The molecule has 0 bridgehead atoms. The van der Waals surface area contributed by atoms with E-state index in [1.54, 1.807) is 0 Å². The van der Waals surface area contributed by atoms with E-state index in [9.17, 15) is 9.59 Å². The summed E-state index contributed by atoms with van der Waals surface area (Å²) in [6.07, 6.45) is -0.0616. The first kappa shape index (κ1) is 11.7. The molecule has 0 radical (unpaired) electrons. The maximum Gasteiger partial charge on any atom is 0.308 e. The summed E-state index contributed by atoms with van der Waals surface area (Å²) in [5, 5.41) is 17.3. The second-order valence-corrected chi connectivity index (χ2v) is 4.53. The van der Waals surface area contributed by atoms with Crippen molar-refractivity contribution >= 4 is 23.3 Å². The molecule has 0 amide bonds. The summed E-state index contributed by atoms with van der Waals surface area (Å²) in [5.41, 5.74) is 1.80. The molecule has 1 heterocycles. The average Bonchev–Trinajstić information content (AvgIpc) is 2.32. The van der Waals surface area contributed by atoms with Crippen LogP contribution in [-0.2, 0) is 22.4 Å². The van der Waals surface area contributed by atoms with Crippen molar-refractivity contribution in [3.8, 4) is 0 Å². The van der Waals surface area contributed by atoms with Crippen LogP contribution in [0.2, 0.25) is 0 Å². The van der Waals surface area contributed by atoms with Gasteiger partial charge in [0.2, 0.25) is 0 Å². The van der Waals surface area contributed by atoms with Gasteiger partial charge in [0.25, 0.3) is 0 Å². The van der Waals surface area contributed by atoms with Crippen molar-refractivity contribution in [3.63, 3.8) is 0 Å². The fourth-order valence-corrected chi connectivity index (χ4v) is 2.63. The van der Waals surface area contributed by atoms with Crippen molar-refractivity contribution in [1.82, 2.24) is 0 Å². The van der Waals surface area contributed by atoms with Gasteiger partial charge < -0.3 is 10.2 Å². The highest BCUT2D eigenvalue weighted by Crippen LogP contribution is 2.28. The van der Waals surface area contributed by atoms with E-state index in [0.717, 1.165) is 20.9 Å². The van der Waals surface area contributed by atoms with Gasteiger partial charge in [0, 0.05) is 9.75 Å². The highest BCUT2D eigenvalue weighted by atomic mass is 32.1. The molecule has 82 valence electrons. The second-order valence-electron chi connectivity index (χ2n) is 3.34. The molecular weight excluding hydrogens is 216 g/mol. The maximum atomic E-state index is 10.6. The van der Waals surface area contributed by atoms with Crippen LogP contribution in [-0.4, -0.2) is 22.2 Å². The van der Waals surface area contributed by atoms with Crippen LogP contribution in [0, 0.1) is 13.8 Å². The molecule has 0 atom stereocenters. The molecule has 0 aliphatic carbocycles. The predicted octanol–water partition coefficient (Wildman–Crippen LogP) is 1.62. The fraction of sp³-hybridized carbons (Fsp3) is 0.400. The first-order valence-corrected chi connectivity index (χ1v) is 5.24. The molecule has 1 aromatic rings. The first-order valence-electron chi connectivity index (χ1n) is 4.43. The lowest BCUT2D eigenvalue weighted by Crippen LogP contribution is -1.99. The number of carboxylic acid groups (broad SMARTS) is 2. The van der Waals surface area contributed by atoms with Crippen LogP contribution in [0.5, 0.6) is 0 Å². The summed E-state index contributed by atoms with van der Waals surface area (Å²) in [6.45, 7) is 3.66. The molecule has 2 N–H and O–H groups in total. The molecule has 0 fully saturated rings. The maximum absolute atomic E-state index is 10.6. The molecule has 0 unspecified atom stereocenters. The molecule has 4 nitrogen and oxygen atoms in total. The first-order chi connectivity index (χ1) is 6.91. The summed E-state index contributed by atoms with van der Waals surface area (Å²) in [6, 6.07) is 0. The predicted molar refractivity (Wildman–Crippen MR) is 56.5 cm³/mol. The molecule has 0 aromatic carbocycles. The standard InChI is InChI=1S/C10H12O4S/c1-5-6(2)8(4-10(13)14)15-7(5)3-9(11)12/h3-4H2,1-2H3,(H,11,12)(H,13,14). The topological polar surface area (TPSA) is 74.6 Å². The lowest BCUT2D eigenvalue weighted by atomic mass is 10.1. The summed E-state index contributed by atoms with van der Waals surface area (Å²) in [5.74, 6) is -1.78. The molecule has 15 heavy (non-hydrogen) atoms. The minimum absolute atomic E-state index is 0.0308. The van der Waals surface area contributed by atoms with Gasteiger partial charge in [0.15, 0.2) is 0 Å². The quantitative estimate of drug-likeness (QED) is 0.821. The van der Waals surface area contributed by atoms with Gasteiger partial charge in [-0.25, -0.2) is 0 Å². The lowest BCUT2D eigenvalue weighted by Gasteiger charge is -1.95. The van der Waals surface area contributed by atoms with Gasteiger partial charge in [0.1, 0.15) is 0 Å². The number of hydrogen-bond donors (Lipinski definition) is 2. The summed E-state index contributed by atoms with van der Waals surface area (Å²) < 4.78 is 0. The minimum Gasteiger partial charge on any atom is -0.481 e. The van der Waals surface area contributed by atoms with E-state index in [4.69, 9.17) is 10.2 Å². The number of carboxylic acids is 2. The minimum atomic E-state index is -0.888. The van der Waals surface area contributed by atoms with Crippen LogP contribution in [0.1, 0.15) is 20.9 Å². The zero-order chi connectivity index (χ0) is 11.6. The van der Waals surface area contributed by atoms with E-state index >= 15 is 0 Å². The van der Waals surface area contributed by atoms with Crippen LogP contribution in [0.3, 0.4) is 0 Å². The normalized spacial score (nSPS) is 10.3. The molecule has 0 saturated carbocycles. The van der Waals surface area contributed by atoms with Crippen LogP contribution >= 0.6 is 11.3 Å². The Morgan fingerprint density at radius 1 is 1.00 bits per heavy atom. The molecular formula is C10H12O4S. The molecule has 0 spiro atoms. The Kier molecular flexibility index (Phi) is 3.47. The van der Waals surface area contributed by atoms with Crippen molar-refractivity contribution in [3.05, 3.63) is 20.9 Å². The molecule has 5 heteroatoms. The summed E-state index contributed by atoms with van der Waals surface area (Å²) in [7, 11) is 0. The Bertz CT molecular complexity index is 369. The highest BCUT2D eigenvalue weighted by molar-refractivity contribution is 7.12. The van der Waals surface area contributed by atoms with E-state index in [-0.39, 0.29) is 12.8 Å². The Morgan fingerprint density at radius 3 is 1.60 bits per heavy atom. The van der Waals surface area contributed by atoms with Gasteiger partial charge in [0.05, 0.1) is 12.8 Å². The van der Waals surface area contributed by atoms with Crippen molar-refractivity contribution in [2.24, 2.45) is 0 Å². The molecule has 0 saturated heterocycles. The summed E-state index contributed by atoms with van der Waals surface area (Å²) in [4.78, 5) is 22.6. The van der Waals surface area contributed by atoms with Gasteiger partial charge in [-0.05, 0) is 25.0 Å². The zero-order valence-corrected chi connectivity index (χ0v) is 9.35. The van der Waals surface area contributed by atoms with Gasteiger partial charge in [-0.15, -0.1) is 11.3 Å². The van der Waals surface area contributed by atoms with Gasteiger partial charge in [-0.1, -0.05) is 0 Å². The number of hydrogen-bond acceptors (Lipinski definition) is 3. The number of aliphatic carboxylic acids is 2. The number of rotatable bonds is 4. The van der Waals surface area contributed by atoms with Crippen molar-refractivity contribution in [1.29, 1.82) is 0 Å². The SMILES string of the molecule is Cc1c(CC(=O)O)sc(CC(=O)O)c1C. The van der Waals surface area contributed by atoms with Crippen molar-refractivity contribution in [2.45, 2.75) is 26.7 Å². The van der Waals surface area contributed by atoms with E-state index in [1.165, 1.54) is 11.3 Å². The second kappa shape index (κ2) is 4.44. The van der Waals surface area contributed by atoms with Gasteiger partial charge >= 0.3 is 11.9 Å². The van der Waals surface area contributed by atoms with Crippen LogP contribution < -0.4 is 0 Å². The number of thiophene rings is 1. The highest BCUT2D eigenvalue weighted by Gasteiger charge is 2.15. The van der Waals surface area contributed by atoms with Gasteiger partial charge in [-0.3, -0.25) is 9.59 Å². The molecule has 1 aromatic heterocycles. The number of carbonyl (C=O) groups is 2. The summed E-state index contributed by atoms with van der Waals surface area (Å²) >= 11 is 1.28. The third-order valence-electron chi connectivity index (χ3n) is 2.27. The van der Waals surface area contributed by atoms with E-state index in [0.29, 0.717) is 0 Å². The van der Waals surface area contributed by atoms with Gasteiger partial charge in [-0.2, -0.15) is 0 Å². The fourth-order valence-electron chi connectivity index (χ4n) is 1.33. The van der Waals surface area contributed by atoms with Crippen molar-refractivity contribution in [2.75, 3.05) is 0 Å². The Balaban J connectivity index is 3.00. The Hall–Kier alpha value is -1.36. The molecule has 0 aliphatic heterocycles. The smallest absolute Gasteiger partial charge is 0.308 e. The zero-order valence-electron chi connectivity index (χ0n) is 8.53.